The molecule has 0 N–H and O–H groups in total. The third kappa shape index (κ3) is 2.75. The van der Waals surface area contributed by atoms with Gasteiger partial charge < -0.3 is 4.74 Å². The highest BCUT2D eigenvalue weighted by molar-refractivity contribution is 7.21. The van der Waals surface area contributed by atoms with Crippen molar-refractivity contribution in [1.82, 2.24) is 4.98 Å². The summed E-state index contributed by atoms with van der Waals surface area (Å²) >= 11 is 1.74. The Morgan fingerprint density at radius 3 is 1.80 bits per heavy atom. The lowest BCUT2D eigenvalue weighted by molar-refractivity contribution is 0.494. The van der Waals surface area contributed by atoms with E-state index in [1.165, 1.54) is 10.3 Å². The number of nitrogens with zero attached hydrogens (tertiary/aromatic N) is 1. The Morgan fingerprint density at radius 1 is 0.567 bits per heavy atom. The van der Waals surface area contributed by atoms with E-state index < -0.39 is 0 Å². The van der Waals surface area contributed by atoms with Gasteiger partial charge >= 0.3 is 0 Å². The summed E-state index contributed by atoms with van der Waals surface area (Å²) in [5.74, 6) is 1.72. The van der Waals surface area contributed by atoms with Gasteiger partial charge in [-0.2, -0.15) is 0 Å². The van der Waals surface area contributed by atoms with Gasteiger partial charge in [0, 0.05) is 16.3 Å². The van der Waals surface area contributed by atoms with Crippen LogP contribution in [0.15, 0.2) is 103 Å². The third-order valence-corrected chi connectivity index (χ3v) is 6.41. The van der Waals surface area contributed by atoms with Crippen molar-refractivity contribution in [3.05, 3.63) is 103 Å². The highest BCUT2D eigenvalue weighted by Crippen LogP contribution is 2.45. The molecule has 5 aromatic carbocycles. The Bertz CT molecular complexity index is 1430. The normalized spacial score (nSPS) is 11.3. The molecule has 6 aromatic rings. The van der Waals surface area contributed by atoms with E-state index in [0.717, 1.165) is 43.6 Å². The van der Waals surface area contributed by atoms with Gasteiger partial charge in [-0.3, -0.25) is 0 Å². The summed E-state index contributed by atoms with van der Waals surface area (Å²) in [7, 11) is 0. The van der Waals surface area contributed by atoms with Gasteiger partial charge in [0.1, 0.15) is 16.5 Å². The second-order valence-corrected chi connectivity index (χ2v) is 8.23. The molecule has 6 rings (SSSR count). The quantitative estimate of drug-likeness (QED) is 0.279. The summed E-state index contributed by atoms with van der Waals surface area (Å²) in [5, 5.41) is 5.53. The fourth-order valence-electron chi connectivity index (χ4n) is 4.01. The highest BCUT2D eigenvalue weighted by Gasteiger charge is 2.18. The molecule has 30 heavy (non-hydrogen) atoms. The number of fused-ring (bicyclic) bond motifs is 3. The molecule has 0 unspecified atom stereocenters. The number of hydrogen-bond acceptors (Lipinski definition) is 3. The minimum absolute atomic E-state index is 0.834. The molecule has 0 aliphatic rings. The first kappa shape index (κ1) is 17.2. The molecule has 0 fully saturated rings. The predicted octanol–water partition coefficient (Wildman–Crippen LogP) is 8.06. The number of para-hydroxylation sites is 2. The van der Waals surface area contributed by atoms with E-state index >= 15 is 0 Å². The van der Waals surface area contributed by atoms with Crippen LogP contribution in [-0.4, -0.2) is 4.98 Å². The number of benzene rings is 5. The summed E-state index contributed by atoms with van der Waals surface area (Å²) in [6, 6.07) is 35.2. The first-order chi connectivity index (χ1) is 14.9. The van der Waals surface area contributed by atoms with Gasteiger partial charge in [-0.15, -0.1) is 11.3 Å². The van der Waals surface area contributed by atoms with Gasteiger partial charge in [0.2, 0.25) is 0 Å². The number of hydrogen-bond donors (Lipinski definition) is 0. The van der Waals surface area contributed by atoms with Crippen LogP contribution < -0.4 is 4.74 Å². The number of rotatable bonds is 3. The van der Waals surface area contributed by atoms with Crippen molar-refractivity contribution >= 4 is 43.1 Å². The van der Waals surface area contributed by atoms with Crippen molar-refractivity contribution in [1.29, 1.82) is 0 Å². The van der Waals surface area contributed by atoms with Gasteiger partial charge in [0.15, 0.2) is 0 Å². The summed E-state index contributed by atoms with van der Waals surface area (Å²) in [6.07, 6.45) is 0. The lowest BCUT2D eigenvalue weighted by Gasteiger charge is -2.16. The Hall–Kier alpha value is -3.69. The molecule has 3 heteroatoms. The van der Waals surface area contributed by atoms with E-state index in [1.54, 1.807) is 11.3 Å². The van der Waals surface area contributed by atoms with Crippen LogP contribution in [0.4, 0.5) is 0 Å². The molecule has 2 nitrogen and oxygen atoms in total. The van der Waals surface area contributed by atoms with Crippen molar-refractivity contribution in [2.75, 3.05) is 0 Å². The number of ether oxygens (including phenoxy) is 1. The van der Waals surface area contributed by atoms with E-state index in [0.29, 0.717) is 0 Å². The molecule has 0 spiro atoms. The summed E-state index contributed by atoms with van der Waals surface area (Å²) in [6.45, 7) is 0. The predicted molar refractivity (Wildman–Crippen MR) is 127 cm³/mol. The molecule has 1 aromatic heterocycles. The second kappa shape index (κ2) is 6.97. The SMILES string of the molecule is c1ccc(Oc2c3ccccc3c(-c3nc4ccccc4s3)c3ccccc23)cc1. The summed E-state index contributed by atoms with van der Waals surface area (Å²) in [4.78, 5) is 4.97. The van der Waals surface area contributed by atoms with E-state index in [2.05, 4.69) is 66.7 Å². The lowest BCUT2D eigenvalue weighted by atomic mass is 9.96. The van der Waals surface area contributed by atoms with Crippen LogP contribution in [0.3, 0.4) is 0 Å². The first-order valence-corrected chi connectivity index (χ1v) is 10.7. The highest BCUT2D eigenvalue weighted by atomic mass is 32.1. The van der Waals surface area contributed by atoms with E-state index in [-0.39, 0.29) is 0 Å². The maximum Gasteiger partial charge on any atom is 0.143 e. The molecular weight excluding hydrogens is 386 g/mol. The van der Waals surface area contributed by atoms with Crippen LogP contribution in [-0.2, 0) is 0 Å². The lowest BCUT2D eigenvalue weighted by Crippen LogP contribution is -1.91. The molecule has 142 valence electrons. The van der Waals surface area contributed by atoms with Crippen LogP contribution in [0.5, 0.6) is 11.5 Å². The molecule has 0 radical (unpaired) electrons. The fraction of sp³-hybridized carbons (Fsp3) is 0. The average molecular weight is 404 g/mol. The Labute approximate surface area is 178 Å². The topological polar surface area (TPSA) is 22.1 Å². The standard InChI is InChI=1S/C27H17NOS/c1-2-10-18(11-3-1)29-26-21-14-6-4-12-19(21)25(20-13-5-7-15-22(20)26)27-28-23-16-8-9-17-24(23)30-27/h1-17H. The van der Waals surface area contributed by atoms with Gasteiger partial charge in [-0.05, 0) is 35.0 Å². The molecule has 0 atom stereocenters. The van der Waals surface area contributed by atoms with Crippen molar-refractivity contribution < 1.29 is 4.74 Å². The number of thiazole rings is 1. The Balaban J connectivity index is 1.71. The van der Waals surface area contributed by atoms with Gasteiger partial charge in [0.05, 0.1) is 10.2 Å². The van der Waals surface area contributed by atoms with Gasteiger partial charge in [0.25, 0.3) is 0 Å². The molecule has 0 bridgehead atoms. The average Bonchev–Trinajstić information content (AvgIpc) is 3.23. The van der Waals surface area contributed by atoms with Crippen molar-refractivity contribution in [3.63, 3.8) is 0 Å². The van der Waals surface area contributed by atoms with E-state index in [1.807, 2.05) is 36.4 Å². The van der Waals surface area contributed by atoms with Crippen molar-refractivity contribution in [2.24, 2.45) is 0 Å². The largest absolute Gasteiger partial charge is 0.456 e. The Morgan fingerprint density at radius 2 is 1.13 bits per heavy atom. The zero-order valence-electron chi connectivity index (χ0n) is 16.1. The molecule has 0 aliphatic carbocycles. The molecule has 0 aliphatic heterocycles. The van der Waals surface area contributed by atoms with Crippen molar-refractivity contribution in [2.45, 2.75) is 0 Å². The maximum atomic E-state index is 6.44. The van der Waals surface area contributed by atoms with Crippen molar-refractivity contribution in [3.8, 4) is 22.1 Å². The van der Waals surface area contributed by atoms with E-state index in [4.69, 9.17) is 9.72 Å². The van der Waals surface area contributed by atoms with E-state index in [9.17, 15) is 0 Å². The van der Waals surface area contributed by atoms with Crippen LogP contribution in [0.2, 0.25) is 0 Å². The second-order valence-electron chi connectivity index (χ2n) is 7.20. The zero-order valence-corrected chi connectivity index (χ0v) is 16.9. The Kier molecular flexibility index (Phi) is 4.00. The smallest absolute Gasteiger partial charge is 0.143 e. The fourth-order valence-corrected chi connectivity index (χ4v) is 5.05. The molecule has 0 saturated heterocycles. The zero-order chi connectivity index (χ0) is 19.9. The molecule has 0 amide bonds. The third-order valence-electron chi connectivity index (χ3n) is 5.35. The van der Waals surface area contributed by atoms with Gasteiger partial charge in [-0.25, -0.2) is 4.98 Å². The molecular formula is C27H17NOS. The van der Waals surface area contributed by atoms with Crippen LogP contribution in [0, 0.1) is 0 Å². The van der Waals surface area contributed by atoms with Crippen LogP contribution >= 0.6 is 11.3 Å². The summed E-state index contributed by atoms with van der Waals surface area (Å²) < 4.78 is 7.64. The molecule has 1 heterocycles. The monoisotopic (exact) mass is 403 g/mol. The first-order valence-electron chi connectivity index (χ1n) is 9.91. The molecule has 0 saturated carbocycles. The van der Waals surface area contributed by atoms with Crippen LogP contribution in [0.1, 0.15) is 0 Å². The minimum Gasteiger partial charge on any atom is -0.456 e. The maximum absolute atomic E-state index is 6.44. The summed E-state index contributed by atoms with van der Waals surface area (Å²) in [5.41, 5.74) is 2.21. The van der Waals surface area contributed by atoms with Gasteiger partial charge in [-0.1, -0.05) is 78.9 Å². The van der Waals surface area contributed by atoms with Crippen LogP contribution in [0.25, 0.3) is 42.3 Å². The minimum atomic E-state index is 0.834. The number of aromatic nitrogens is 1.